The minimum absolute atomic E-state index is 0.00726. The van der Waals surface area contributed by atoms with Gasteiger partial charge < -0.3 is 15.1 Å². The molecule has 1 fully saturated rings. The number of anilines is 2. The zero-order valence-corrected chi connectivity index (χ0v) is 19.5. The number of benzene rings is 1. The number of carbonyl (C=O) groups excluding carboxylic acids is 2. The van der Waals surface area contributed by atoms with Crippen molar-refractivity contribution in [3.8, 4) is 0 Å². The molecule has 2 aliphatic rings. The van der Waals surface area contributed by atoms with Gasteiger partial charge in [0.25, 0.3) is 0 Å². The Morgan fingerprint density at radius 3 is 2.52 bits per heavy atom. The van der Waals surface area contributed by atoms with Gasteiger partial charge >= 0.3 is 0 Å². The van der Waals surface area contributed by atoms with E-state index >= 15 is 0 Å². The molecule has 166 valence electrons. The van der Waals surface area contributed by atoms with Crippen molar-refractivity contribution < 1.29 is 9.59 Å². The Hall–Kier alpha value is -2.41. The Bertz CT molecular complexity index is 930. The second-order valence-electron chi connectivity index (χ2n) is 8.81. The van der Waals surface area contributed by atoms with Crippen LogP contribution in [0.2, 0.25) is 0 Å². The molecular weight excluding hydrogens is 408 g/mol. The summed E-state index contributed by atoms with van der Waals surface area (Å²) in [6.07, 6.45) is 3.45. The number of hydrogen-bond acceptors (Lipinski definition) is 5. The van der Waals surface area contributed by atoms with E-state index in [1.165, 1.54) is 10.4 Å². The molecule has 1 aliphatic heterocycles. The van der Waals surface area contributed by atoms with E-state index in [-0.39, 0.29) is 23.7 Å². The van der Waals surface area contributed by atoms with Crippen molar-refractivity contribution in [1.82, 2.24) is 9.88 Å². The van der Waals surface area contributed by atoms with Crippen LogP contribution < -0.4 is 10.2 Å². The van der Waals surface area contributed by atoms with Crippen molar-refractivity contribution >= 4 is 34.0 Å². The highest BCUT2D eigenvalue weighted by atomic mass is 32.1. The summed E-state index contributed by atoms with van der Waals surface area (Å²) in [4.78, 5) is 35.4. The number of rotatable bonds is 5. The molecule has 4 rings (SSSR count). The lowest BCUT2D eigenvalue weighted by Gasteiger charge is -2.35. The lowest BCUT2D eigenvalue weighted by atomic mass is 9.90. The monoisotopic (exact) mass is 440 g/mol. The van der Waals surface area contributed by atoms with E-state index in [4.69, 9.17) is 4.98 Å². The van der Waals surface area contributed by atoms with Gasteiger partial charge in [0.15, 0.2) is 5.13 Å². The normalized spacial score (nSPS) is 18.8. The third kappa shape index (κ3) is 4.92. The molecule has 0 bridgehead atoms. The highest BCUT2D eigenvalue weighted by Crippen LogP contribution is 2.35. The van der Waals surface area contributed by atoms with Gasteiger partial charge in [0.1, 0.15) is 0 Å². The number of hydrogen-bond donors (Lipinski definition) is 1. The predicted octanol–water partition coefficient (Wildman–Crippen LogP) is 3.75. The Labute approximate surface area is 188 Å². The number of amides is 2. The molecule has 1 N–H and O–H groups in total. The Morgan fingerprint density at radius 1 is 1.16 bits per heavy atom. The molecule has 31 heavy (non-hydrogen) atoms. The molecule has 1 aliphatic carbocycles. The van der Waals surface area contributed by atoms with Crippen LogP contribution in [0, 0.1) is 11.8 Å². The zero-order valence-electron chi connectivity index (χ0n) is 18.7. The molecule has 0 saturated carbocycles. The first-order valence-electron chi connectivity index (χ1n) is 11.4. The van der Waals surface area contributed by atoms with E-state index < -0.39 is 0 Å². The topological polar surface area (TPSA) is 65.5 Å². The second-order valence-corrected chi connectivity index (χ2v) is 9.87. The van der Waals surface area contributed by atoms with Gasteiger partial charge in [-0.25, -0.2) is 4.98 Å². The molecule has 1 aromatic carbocycles. The van der Waals surface area contributed by atoms with Gasteiger partial charge in [-0.3, -0.25) is 9.59 Å². The van der Waals surface area contributed by atoms with E-state index in [1.54, 1.807) is 11.3 Å². The SMILES string of the molecule is CCc1ccc(NC(=O)[C@@H]2CCc3nc(N4CCN(C(=O)C(C)C)CC4)sc3C2)cc1. The van der Waals surface area contributed by atoms with E-state index in [1.807, 2.05) is 30.9 Å². The van der Waals surface area contributed by atoms with Gasteiger partial charge in [-0.15, -0.1) is 11.3 Å². The maximum Gasteiger partial charge on any atom is 0.227 e. The fourth-order valence-electron chi connectivity index (χ4n) is 4.27. The number of fused-ring (bicyclic) bond motifs is 1. The third-order valence-electron chi connectivity index (χ3n) is 6.28. The van der Waals surface area contributed by atoms with Crippen LogP contribution in [-0.2, 0) is 28.9 Å². The van der Waals surface area contributed by atoms with E-state index in [9.17, 15) is 9.59 Å². The molecule has 0 radical (unpaired) electrons. The van der Waals surface area contributed by atoms with Gasteiger partial charge in [0.2, 0.25) is 11.8 Å². The number of thiazole rings is 1. The van der Waals surface area contributed by atoms with Crippen molar-refractivity contribution in [2.45, 2.75) is 46.5 Å². The average Bonchev–Trinajstić information content (AvgIpc) is 3.22. The van der Waals surface area contributed by atoms with Crippen LogP contribution in [0.1, 0.15) is 43.3 Å². The van der Waals surface area contributed by atoms with Crippen LogP contribution in [-0.4, -0.2) is 47.9 Å². The van der Waals surface area contributed by atoms with Crippen LogP contribution in [0.15, 0.2) is 24.3 Å². The first-order valence-corrected chi connectivity index (χ1v) is 12.2. The van der Waals surface area contributed by atoms with Crippen molar-refractivity contribution in [3.05, 3.63) is 40.4 Å². The van der Waals surface area contributed by atoms with Crippen LogP contribution in [0.25, 0.3) is 0 Å². The highest BCUT2D eigenvalue weighted by Gasteiger charge is 2.30. The van der Waals surface area contributed by atoms with Gasteiger partial charge in [0.05, 0.1) is 5.69 Å². The maximum absolute atomic E-state index is 12.8. The van der Waals surface area contributed by atoms with Crippen molar-refractivity contribution in [2.24, 2.45) is 11.8 Å². The fourth-order valence-corrected chi connectivity index (χ4v) is 5.51. The first kappa shape index (κ1) is 21.8. The quantitative estimate of drug-likeness (QED) is 0.769. The van der Waals surface area contributed by atoms with Crippen molar-refractivity contribution in [1.29, 1.82) is 0 Å². The van der Waals surface area contributed by atoms with Gasteiger partial charge in [-0.1, -0.05) is 32.9 Å². The number of aryl methyl sites for hydroxylation is 2. The van der Waals surface area contributed by atoms with Gasteiger partial charge in [-0.2, -0.15) is 0 Å². The van der Waals surface area contributed by atoms with E-state index in [0.29, 0.717) is 0 Å². The summed E-state index contributed by atoms with van der Waals surface area (Å²) in [7, 11) is 0. The smallest absolute Gasteiger partial charge is 0.227 e. The zero-order chi connectivity index (χ0) is 22.0. The molecule has 1 aromatic heterocycles. The molecule has 2 aromatic rings. The standard InChI is InChI=1S/C24H32N4O2S/c1-4-17-5-8-19(9-6-17)25-22(29)18-7-10-20-21(15-18)31-24(26-20)28-13-11-27(12-14-28)23(30)16(2)3/h5-6,8-9,16,18H,4,7,10-15H2,1-3H3,(H,25,29)/t18-/m1/s1. The summed E-state index contributed by atoms with van der Waals surface area (Å²) in [6.45, 7) is 9.19. The summed E-state index contributed by atoms with van der Waals surface area (Å²) in [6, 6.07) is 8.11. The number of aromatic nitrogens is 1. The van der Waals surface area contributed by atoms with Gasteiger partial charge in [-0.05, 0) is 43.4 Å². The largest absolute Gasteiger partial charge is 0.345 e. The summed E-state index contributed by atoms with van der Waals surface area (Å²) in [5.74, 6) is 0.375. The fraction of sp³-hybridized carbons (Fsp3) is 0.542. The summed E-state index contributed by atoms with van der Waals surface area (Å²) < 4.78 is 0. The average molecular weight is 441 g/mol. The highest BCUT2D eigenvalue weighted by molar-refractivity contribution is 7.15. The van der Waals surface area contributed by atoms with Gasteiger partial charge in [0, 0.05) is 48.6 Å². The molecule has 7 heteroatoms. The van der Waals surface area contributed by atoms with E-state index in [0.717, 1.165) is 68.4 Å². The Balaban J connectivity index is 1.35. The molecule has 0 unspecified atom stereocenters. The third-order valence-corrected chi connectivity index (χ3v) is 7.47. The number of nitrogens with one attached hydrogen (secondary N) is 1. The lowest BCUT2D eigenvalue weighted by molar-refractivity contribution is -0.134. The molecule has 2 heterocycles. The molecule has 2 amide bonds. The minimum Gasteiger partial charge on any atom is -0.345 e. The summed E-state index contributed by atoms with van der Waals surface area (Å²) >= 11 is 1.72. The van der Waals surface area contributed by atoms with Crippen LogP contribution in [0.3, 0.4) is 0 Å². The first-order chi connectivity index (χ1) is 14.9. The molecule has 6 nitrogen and oxygen atoms in total. The molecular formula is C24H32N4O2S. The lowest BCUT2D eigenvalue weighted by Crippen LogP contribution is -2.49. The Kier molecular flexibility index (Phi) is 6.60. The maximum atomic E-state index is 12.8. The van der Waals surface area contributed by atoms with Crippen molar-refractivity contribution in [3.63, 3.8) is 0 Å². The molecule has 1 atom stereocenters. The molecule has 0 spiro atoms. The Morgan fingerprint density at radius 2 is 1.87 bits per heavy atom. The minimum atomic E-state index is -0.00726. The van der Waals surface area contributed by atoms with Crippen LogP contribution in [0.5, 0.6) is 0 Å². The molecule has 1 saturated heterocycles. The van der Waals surface area contributed by atoms with E-state index in [2.05, 4.69) is 29.3 Å². The predicted molar refractivity (Wildman–Crippen MR) is 126 cm³/mol. The number of nitrogens with zero attached hydrogens (tertiary/aromatic N) is 3. The number of carbonyl (C=O) groups is 2. The second kappa shape index (κ2) is 9.39. The van der Waals surface area contributed by atoms with Crippen LogP contribution >= 0.6 is 11.3 Å². The van der Waals surface area contributed by atoms with Crippen molar-refractivity contribution in [2.75, 3.05) is 36.4 Å². The summed E-state index contributed by atoms with van der Waals surface area (Å²) in [5.41, 5.74) is 3.29. The summed E-state index contributed by atoms with van der Waals surface area (Å²) in [5, 5.41) is 4.13. The van der Waals surface area contributed by atoms with Crippen LogP contribution in [0.4, 0.5) is 10.8 Å². The number of piperazine rings is 1.